The SMILES string of the molecule is CCS(=O)(=O)NCCNC(=NC)NC1CCN(c2ccccc2)C1. The summed E-state index contributed by atoms with van der Waals surface area (Å²) < 4.78 is 25.3. The zero-order valence-electron chi connectivity index (χ0n) is 14.3. The van der Waals surface area contributed by atoms with E-state index in [1.165, 1.54) is 5.69 Å². The molecule has 0 aliphatic carbocycles. The van der Waals surface area contributed by atoms with Gasteiger partial charge in [-0.3, -0.25) is 4.99 Å². The van der Waals surface area contributed by atoms with Crippen LogP contribution in [0.5, 0.6) is 0 Å². The number of rotatable bonds is 7. The van der Waals surface area contributed by atoms with E-state index in [0.717, 1.165) is 19.5 Å². The van der Waals surface area contributed by atoms with Crippen molar-refractivity contribution in [1.29, 1.82) is 0 Å². The van der Waals surface area contributed by atoms with Crippen LogP contribution in [-0.4, -0.2) is 59.4 Å². The summed E-state index contributed by atoms with van der Waals surface area (Å²) in [6.45, 7) is 4.39. The Balaban J connectivity index is 1.74. The Hall–Kier alpha value is -1.80. The lowest BCUT2D eigenvalue weighted by Gasteiger charge is -2.20. The van der Waals surface area contributed by atoms with Crippen molar-refractivity contribution in [3.05, 3.63) is 30.3 Å². The molecule has 1 atom stereocenters. The van der Waals surface area contributed by atoms with Gasteiger partial charge in [0.25, 0.3) is 0 Å². The van der Waals surface area contributed by atoms with Gasteiger partial charge in [0.2, 0.25) is 10.0 Å². The molecule has 0 amide bonds. The molecule has 2 rings (SSSR count). The van der Waals surface area contributed by atoms with Gasteiger partial charge in [0.1, 0.15) is 0 Å². The lowest BCUT2D eigenvalue weighted by atomic mass is 10.3. The van der Waals surface area contributed by atoms with Gasteiger partial charge in [-0.15, -0.1) is 0 Å². The quantitative estimate of drug-likeness (QED) is 0.375. The molecule has 0 aromatic heterocycles. The number of anilines is 1. The van der Waals surface area contributed by atoms with Crippen LogP contribution in [0.15, 0.2) is 35.3 Å². The molecule has 0 radical (unpaired) electrons. The molecule has 3 N–H and O–H groups in total. The highest BCUT2D eigenvalue weighted by atomic mass is 32.2. The summed E-state index contributed by atoms with van der Waals surface area (Å²) in [5.74, 6) is 0.794. The van der Waals surface area contributed by atoms with E-state index in [-0.39, 0.29) is 5.75 Å². The molecule has 7 nitrogen and oxygen atoms in total. The molecule has 0 saturated carbocycles. The van der Waals surface area contributed by atoms with Crippen molar-refractivity contribution in [2.75, 3.05) is 43.9 Å². The fourth-order valence-electron chi connectivity index (χ4n) is 2.63. The first-order chi connectivity index (χ1) is 11.5. The maximum Gasteiger partial charge on any atom is 0.211 e. The predicted octanol–water partition coefficient (Wildman–Crippen LogP) is 0.370. The molecule has 0 bridgehead atoms. The van der Waals surface area contributed by atoms with E-state index in [2.05, 4.69) is 37.4 Å². The van der Waals surface area contributed by atoms with Crippen molar-refractivity contribution >= 4 is 21.7 Å². The van der Waals surface area contributed by atoms with Gasteiger partial charge >= 0.3 is 0 Å². The van der Waals surface area contributed by atoms with Crippen molar-refractivity contribution in [2.45, 2.75) is 19.4 Å². The van der Waals surface area contributed by atoms with E-state index >= 15 is 0 Å². The molecule has 1 unspecified atom stereocenters. The van der Waals surface area contributed by atoms with E-state index in [4.69, 9.17) is 0 Å². The molecule has 1 aliphatic rings. The Morgan fingerprint density at radius 1 is 1.29 bits per heavy atom. The van der Waals surface area contributed by atoms with Crippen molar-refractivity contribution in [1.82, 2.24) is 15.4 Å². The Morgan fingerprint density at radius 3 is 2.71 bits per heavy atom. The van der Waals surface area contributed by atoms with Crippen molar-refractivity contribution in [3.63, 3.8) is 0 Å². The zero-order chi connectivity index (χ0) is 17.4. The Labute approximate surface area is 144 Å². The zero-order valence-corrected chi connectivity index (χ0v) is 15.1. The van der Waals surface area contributed by atoms with Gasteiger partial charge < -0.3 is 15.5 Å². The second-order valence-electron chi connectivity index (χ2n) is 5.71. The van der Waals surface area contributed by atoms with Gasteiger partial charge in [0.05, 0.1) is 5.75 Å². The third-order valence-electron chi connectivity index (χ3n) is 3.99. The van der Waals surface area contributed by atoms with Crippen LogP contribution in [0.25, 0.3) is 0 Å². The van der Waals surface area contributed by atoms with Gasteiger partial charge in [-0.1, -0.05) is 18.2 Å². The summed E-state index contributed by atoms with van der Waals surface area (Å²) in [4.78, 5) is 6.55. The summed E-state index contributed by atoms with van der Waals surface area (Å²) in [6.07, 6.45) is 1.04. The van der Waals surface area contributed by atoms with Gasteiger partial charge in [-0.25, -0.2) is 13.1 Å². The maximum absolute atomic E-state index is 11.4. The summed E-state index contributed by atoms with van der Waals surface area (Å²) in [5.41, 5.74) is 1.23. The highest BCUT2D eigenvalue weighted by Gasteiger charge is 2.23. The van der Waals surface area contributed by atoms with Crippen molar-refractivity contribution in [2.24, 2.45) is 4.99 Å². The van der Waals surface area contributed by atoms with Crippen LogP contribution >= 0.6 is 0 Å². The lowest BCUT2D eigenvalue weighted by Crippen LogP contribution is -2.46. The first-order valence-electron chi connectivity index (χ1n) is 8.28. The Morgan fingerprint density at radius 2 is 2.04 bits per heavy atom. The monoisotopic (exact) mass is 353 g/mol. The van der Waals surface area contributed by atoms with E-state index in [1.54, 1.807) is 14.0 Å². The topological polar surface area (TPSA) is 85.8 Å². The average Bonchev–Trinajstić information content (AvgIpc) is 3.07. The first-order valence-corrected chi connectivity index (χ1v) is 9.94. The van der Waals surface area contributed by atoms with Crippen LogP contribution in [0.1, 0.15) is 13.3 Å². The fourth-order valence-corrected chi connectivity index (χ4v) is 3.25. The minimum Gasteiger partial charge on any atom is -0.369 e. The summed E-state index contributed by atoms with van der Waals surface area (Å²) in [7, 11) is -1.42. The smallest absolute Gasteiger partial charge is 0.211 e. The minimum absolute atomic E-state index is 0.0946. The van der Waals surface area contributed by atoms with Crippen LogP contribution in [-0.2, 0) is 10.0 Å². The molecular formula is C16H27N5O2S. The number of nitrogens with one attached hydrogen (secondary N) is 3. The third kappa shape index (κ3) is 5.68. The molecular weight excluding hydrogens is 326 g/mol. The molecule has 0 spiro atoms. The minimum atomic E-state index is -3.14. The summed E-state index contributed by atoms with van der Waals surface area (Å²) in [5, 5.41) is 6.54. The molecule has 1 fully saturated rings. The molecule has 1 aliphatic heterocycles. The number of nitrogens with zero attached hydrogens (tertiary/aromatic N) is 2. The summed E-state index contributed by atoms with van der Waals surface area (Å²) in [6, 6.07) is 10.7. The highest BCUT2D eigenvalue weighted by Crippen LogP contribution is 2.19. The second kappa shape index (κ2) is 8.89. The molecule has 1 aromatic rings. The normalized spacial score (nSPS) is 18.7. The largest absolute Gasteiger partial charge is 0.369 e. The average molecular weight is 353 g/mol. The number of sulfonamides is 1. The number of para-hydroxylation sites is 1. The van der Waals surface area contributed by atoms with E-state index in [9.17, 15) is 8.42 Å². The molecule has 8 heteroatoms. The van der Waals surface area contributed by atoms with Gasteiger partial charge in [-0.05, 0) is 25.5 Å². The number of hydrogen-bond donors (Lipinski definition) is 3. The standard InChI is InChI=1S/C16H27N5O2S/c1-3-24(22,23)19-11-10-18-16(17-2)20-14-9-12-21(13-14)15-7-5-4-6-8-15/h4-8,14,19H,3,9-13H2,1-2H3,(H2,17,18,20). The van der Waals surface area contributed by atoms with Crippen LogP contribution in [0, 0.1) is 0 Å². The van der Waals surface area contributed by atoms with Crippen molar-refractivity contribution < 1.29 is 8.42 Å². The molecule has 1 saturated heterocycles. The van der Waals surface area contributed by atoms with Gasteiger partial charge in [0.15, 0.2) is 5.96 Å². The van der Waals surface area contributed by atoms with Crippen LogP contribution in [0.4, 0.5) is 5.69 Å². The summed E-state index contributed by atoms with van der Waals surface area (Å²) >= 11 is 0. The molecule has 1 aromatic carbocycles. The van der Waals surface area contributed by atoms with E-state index in [1.807, 2.05) is 18.2 Å². The molecule has 1 heterocycles. The number of hydrogen-bond acceptors (Lipinski definition) is 4. The van der Waals surface area contributed by atoms with E-state index < -0.39 is 10.0 Å². The first kappa shape index (κ1) is 18.5. The Bertz CT molecular complexity index is 633. The van der Waals surface area contributed by atoms with E-state index in [0.29, 0.717) is 25.1 Å². The third-order valence-corrected chi connectivity index (χ3v) is 5.40. The fraction of sp³-hybridized carbons (Fsp3) is 0.562. The van der Waals surface area contributed by atoms with Crippen LogP contribution in [0.3, 0.4) is 0 Å². The number of guanidine groups is 1. The van der Waals surface area contributed by atoms with Gasteiger partial charge in [-0.2, -0.15) is 0 Å². The maximum atomic E-state index is 11.4. The van der Waals surface area contributed by atoms with Crippen molar-refractivity contribution in [3.8, 4) is 0 Å². The Kier molecular flexibility index (Phi) is 6.86. The van der Waals surface area contributed by atoms with Crippen LogP contribution in [0.2, 0.25) is 0 Å². The predicted molar refractivity (Wildman–Crippen MR) is 99.0 cm³/mol. The number of aliphatic imine (C=N–C) groups is 1. The number of benzene rings is 1. The van der Waals surface area contributed by atoms with Crippen LogP contribution < -0.4 is 20.3 Å². The highest BCUT2D eigenvalue weighted by molar-refractivity contribution is 7.89. The molecule has 134 valence electrons. The van der Waals surface area contributed by atoms with Gasteiger partial charge in [0, 0.05) is 45.0 Å². The second-order valence-corrected chi connectivity index (χ2v) is 7.80. The lowest BCUT2D eigenvalue weighted by molar-refractivity contribution is 0.581. The molecule has 24 heavy (non-hydrogen) atoms.